The van der Waals surface area contributed by atoms with Gasteiger partial charge in [-0.3, -0.25) is 0 Å². The van der Waals surface area contributed by atoms with Crippen LogP contribution in [0, 0.1) is 17.8 Å². The van der Waals surface area contributed by atoms with Crippen molar-refractivity contribution in [3.8, 4) is 0 Å². The topological polar surface area (TPSA) is 29.5 Å². The van der Waals surface area contributed by atoms with Crippen LogP contribution < -0.4 is 0 Å². The lowest BCUT2D eigenvalue weighted by Crippen LogP contribution is -2.26. The monoisotopic (exact) mass is 196 g/mol. The number of aliphatic hydroxyl groups is 1. The largest absolute Gasteiger partial charge is 0.396 e. The molecule has 0 unspecified atom stereocenters. The van der Waals surface area contributed by atoms with E-state index in [1.54, 1.807) is 0 Å². The maximum Gasteiger partial charge on any atom is 0.0630 e. The first-order valence-electron chi connectivity index (χ1n) is 5.74. The fourth-order valence-corrected chi connectivity index (χ4v) is 3.09. The number of fused-ring (bicyclic) bond motifs is 1. The van der Waals surface area contributed by atoms with Gasteiger partial charge in [0.1, 0.15) is 0 Å². The van der Waals surface area contributed by atoms with Crippen molar-refractivity contribution in [2.24, 2.45) is 17.8 Å². The summed E-state index contributed by atoms with van der Waals surface area (Å²) < 4.78 is 5.71. The van der Waals surface area contributed by atoms with Crippen LogP contribution in [0.5, 0.6) is 0 Å². The Hall–Kier alpha value is -0.340. The Kier molecular flexibility index (Phi) is 3.24. The summed E-state index contributed by atoms with van der Waals surface area (Å²) in [7, 11) is 0. The van der Waals surface area contributed by atoms with Crippen LogP contribution in [-0.4, -0.2) is 24.4 Å². The lowest BCUT2D eigenvalue weighted by Gasteiger charge is -2.25. The maximum absolute atomic E-state index is 9.40. The molecule has 1 N–H and O–H groups in total. The van der Waals surface area contributed by atoms with Gasteiger partial charge in [0.05, 0.1) is 6.10 Å². The van der Waals surface area contributed by atoms with E-state index in [-0.39, 0.29) is 0 Å². The van der Waals surface area contributed by atoms with Gasteiger partial charge >= 0.3 is 0 Å². The molecule has 14 heavy (non-hydrogen) atoms. The van der Waals surface area contributed by atoms with Crippen molar-refractivity contribution in [3.05, 3.63) is 12.2 Å². The summed E-state index contributed by atoms with van der Waals surface area (Å²) in [6.45, 7) is 3.10. The Morgan fingerprint density at radius 1 is 1.36 bits per heavy atom. The van der Waals surface area contributed by atoms with Crippen LogP contribution in [0.15, 0.2) is 12.2 Å². The van der Waals surface area contributed by atoms with E-state index in [0.29, 0.717) is 24.5 Å². The molecule has 2 aliphatic rings. The molecule has 0 aromatic heterocycles. The van der Waals surface area contributed by atoms with Gasteiger partial charge in [0, 0.05) is 19.1 Å². The highest BCUT2D eigenvalue weighted by Crippen LogP contribution is 2.44. The van der Waals surface area contributed by atoms with Crippen molar-refractivity contribution in [1.29, 1.82) is 0 Å². The summed E-state index contributed by atoms with van der Waals surface area (Å²) in [5.74, 6) is 1.81. The van der Waals surface area contributed by atoms with Crippen molar-refractivity contribution in [2.75, 3.05) is 13.2 Å². The van der Waals surface area contributed by atoms with Gasteiger partial charge in [0.25, 0.3) is 0 Å². The summed E-state index contributed by atoms with van der Waals surface area (Å²) in [4.78, 5) is 0. The normalized spacial score (nSPS) is 41.3. The molecule has 0 aliphatic heterocycles. The average Bonchev–Trinajstić information content (AvgIpc) is 2.55. The highest BCUT2D eigenvalue weighted by atomic mass is 16.5. The van der Waals surface area contributed by atoms with Crippen molar-refractivity contribution in [2.45, 2.75) is 32.3 Å². The molecule has 0 saturated heterocycles. The Labute approximate surface area is 86.0 Å². The Balaban J connectivity index is 2.04. The van der Waals surface area contributed by atoms with Crippen LogP contribution in [-0.2, 0) is 4.74 Å². The number of aliphatic hydroxyl groups excluding tert-OH is 1. The third-order valence-corrected chi connectivity index (χ3v) is 3.77. The van der Waals surface area contributed by atoms with Gasteiger partial charge in [-0.25, -0.2) is 0 Å². The van der Waals surface area contributed by atoms with Gasteiger partial charge in [-0.05, 0) is 38.0 Å². The molecule has 2 nitrogen and oxygen atoms in total. The average molecular weight is 196 g/mol. The molecule has 1 fully saturated rings. The minimum atomic E-state index is 0.291. The van der Waals surface area contributed by atoms with Gasteiger partial charge in [-0.15, -0.1) is 0 Å². The summed E-state index contributed by atoms with van der Waals surface area (Å²) >= 11 is 0. The molecule has 0 aromatic carbocycles. The van der Waals surface area contributed by atoms with E-state index in [2.05, 4.69) is 12.2 Å². The van der Waals surface area contributed by atoms with E-state index in [1.807, 2.05) is 6.92 Å². The first kappa shape index (κ1) is 10.2. The van der Waals surface area contributed by atoms with Crippen molar-refractivity contribution in [1.82, 2.24) is 0 Å². The summed E-state index contributed by atoms with van der Waals surface area (Å²) in [6, 6.07) is 0. The number of hydrogen-bond donors (Lipinski definition) is 1. The second kappa shape index (κ2) is 4.45. The third kappa shape index (κ3) is 1.73. The van der Waals surface area contributed by atoms with Crippen molar-refractivity contribution < 1.29 is 9.84 Å². The first-order valence-corrected chi connectivity index (χ1v) is 5.74. The zero-order valence-corrected chi connectivity index (χ0v) is 8.86. The van der Waals surface area contributed by atoms with E-state index in [9.17, 15) is 5.11 Å². The molecule has 2 aliphatic carbocycles. The highest BCUT2D eigenvalue weighted by molar-refractivity contribution is 5.02. The summed E-state index contributed by atoms with van der Waals surface area (Å²) in [6.07, 6.45) is 8.32. The van der Waals surface area contributed by atoms with E-state index in [1.165, 1.54) is 6.42 Å². The minimum Gasteiger partial charge on any atom is -0.396 e. The van der Waals surface area contributed by atoms with Crippen molar-refractivity contribution >= 4 is 0 Å². The molecule has 2 rings (SSSR count). The molecule has 0 bridgehead atoms. The van der Waals surface area contributed by atoms with Crippen LogP contribution in [0.1, 0.15) is 26.2 Å². The molecule has 0 amide bonds. The van der Waals surface area contributed by atoms with Crippen LogP contribution in [0.25, 0.3) is 0 Å². The number of ether oxygens (including phenoxy) is 1. The third-order valence-electron chi connectivity index (χ3n) is 3.77. The van der Waals surface area contributed by atoms with E-state index >= 15 is 0 Å². The lowest BCUT2D eigenvalue weighted by atomic mass is 9.82. The number of rotatable bonds is 3. The number of allylic oxidation sites excluding steroid dienone is 2. The molecule has 0 heterocycles. The fourth-order valence-electron chi connectivity index (χ4n) is 3.09. The quantitative estimate of drug-likeness (QED) is 0.699. The molecule has 80 valence electrons. The zero-order chi connectivity index (χ0) is 9.97. The van der Waals surface area contributed by atoms with E-state index < -0.39 is 0 Å². The molecule has 0 spiro atoms. The van der Waals surface area contributed by atoms with E-state index in [0.717, 1.165) is 25.4 Å². The van der Waals surface area contributed by atoms with Gasteiger partial charge < -0.3 is 9.84 Å². The van der Waals surface area contributed by atoms with Crippen LogP contribution in [0.2, 0.25) is 0 Å². The zero-order valence-electron chi connectivity index (χ0n) is 8.86. The molecule has 1 saturated carbocycles. The molecule has 0 aromatic rings. The molecular weight excluding hydrogens is 176 g/mol. The smallest absolute Gasteiger partial charge is 0.0630 e. The standard InChI is InChI=1S/C12H20O2/c1-2-14-12-7-9-5-3-4-6-10(9)11(12)8-13/h3-4,9-13H,2,5-8H2,1H3/t9-,10-,11-,12-/m0/s1. The van der Waals surface area contributed by atoms with Gasteiger partial charge in [-0.1, -0.05) is 12.2 Å². The summed E-state index contributed by atoms with van der Waals surface area (Å²) in [5, 5.41) is 9.40. The molecule has 0 radical (unpaired) electrons. The van der Waals surface area contributed by atoms with Gasteiger partial charge in [0.2, 0.25) is 0 Å². The van der Waals surface area contributed by atoms with Gasteiger partial charge in [-0.2, -0.15) is 0 Å². The van der Waals surface area contributed by atoms with Crippen molar-refractivity contribution in [3.63, 3.8) is 0 Å². The maximum atomic E-state index is 9.40. The van der Waals surface area contributed by atoms with Crippen LogP contribution in [0.4, 0.5) is 0 Å². The molecular formula is C12H20O2. The Bertz CT molecular complexity index is 212. The SMILES string of the molecule is CCO[C@H]1C[C@@H]2CC=CC[C@@H]2[C@@H]1CO. The Morgan fingerprint density at radius 3 is 2.86 bits per heavy atom. The lowest BCUT2D eigenvalue weighted by molar-refractivity contribution is 0.00735. The Morgan fingerprint density at radius 2 is 2.14 bits per heavy atom. The molecule has 4 atom stereocenters. The van der Waals surface area contributed by atoms with Gasteiger partial charge in [0.15, 0.2) is 0 Å². The molecule has 2 heteroatoms. The second-order valence-corrected chi connectivity index (χ2v) is 4.44. The fraction of sp³-hybridized carbons (Fsp3) is 0.833. The van der Waals surface area contributed by atoms with Crippen LogP contribution in [0.3, 0.4) is 0 Å². The van der Waals surface area contributed by atoms with E-state index in [4.69, 9.17) is 4.74 Å². The van der Waals surface area contributed by atoms with Crippen LogP contribution >= 0.6 is 0 Å². The predicted octanol–water partition coefficient (Wildman–Crippen LogP) is 1.99. The first-order chi connectivity index (χ1) is 6.86. The predicted molar refractivity (Wildman–Crippen MR) is 56.0 cm³/mol. The minimum absolute atomic E-state index is 0.291. The second-order valence-electron chi connectivity index (χ2n) is 4.44. The summed E-state index contributed by atoms with van der Waals surface area (Å²) in [5.41, 5.74) is 0. The number of hydrogen-bond acceptors (Lipinski definition) is 2. The highest BCUT2D eigenvalue weighted by Gasteiger charge is 2.42.